The molecule has 2 unspecified atom stereocenters. The Morgan fingerprint density at radius 1 is 1.38 bits per heavy atom. The van der Waals surface area contributed by atoms with Crippen LogP contribution in [0.5, 0.6) is 5.75 Å². The van der Waals surface area contributed by atoms with Gasteiger partial charge in [-0.2, -0.15) is 0 Å². The predicted molar refractivity (Wildman–Crippen MR) is 87.1 cm³/mol. The maximum absolute atomic E-state index is 5.58. The number of pyridine rings is 1. The highest BCUT2D eigenvalue weighted by Crippen LogP contribution is 2.45. The highest BCUT2D eigenvalue weighted by molar-refractivity contribution is 7.99. The number of hydrogen-bond donors (Lipinski definition) is 1. The maximum atomic E-state index is 5.58. The SMILES string of the molecule is CCOc1cncc(C(NC)C2CSc3ccccc32)c1. The van der Waals surface area contributed by atoms with E-state index in [2.05, 4.69) is 40.6 Å². The average Bonchev–Trinajstić information content (AvgIpc) is 2.93. The van der Waals surface area contributed by atoms with Crippen LogP contribution in [0.4, 0.5) is 0 Å². The van der Waals surface area contributed by atoms with Crippen molar-refractivity contribution < 1.29 is 4.74 Å². The zero-order chi connectivity index (χ0) is 14.7. The van der Waals surface area contributed by atoms with Crippen molar-refractivity contribution >= 4 is 11.8 Å². The molecule has 0 radical (unpaired) electrons. The van der Waals surface area contributed by atoms with E-state index in [1.54, 1.807) is 6.20 Å². The standard InChI is InChI=1S/C17H20N2OS/c1-3-20-13-8-12(9-19-10-13)17(18-2)15-11-21-16-7-5-4-6-14(15)16/h4-10,15,17-18H,3,11H2,1-2H3. The summed E-state index contributed by atoms with van der Waals surface area (Å²) in [4.78, 5) is 5.73. The number of likely N-dealkylation sites (N-methyl/N-ethyl adjacent to an activating group) is 1. The topological polar surface area (TPSA) is 34.1 Å². The molecule has 2 atom stereocenters. The molecule has 1 aromatic carbocycles. The molecule has 4 heteroatoms. The van der Waals surface area contributed by atoms with Crippen LogP contribution >= 0.6 is 11.8 Å². The number of ether oxygens (including phenoxy) is 1. The Kier molecular flexibility index (Phi) is 4.46. The lowest BCUT2D eigenvalue weighted by Crippen LogP contribution is -2.24. The lowest BCUT2D eigenvalue weighted by molar-refractivity contribution is 0.337. The first-order valence-corrected chi connectivity index (χ1v) is 8.28. The fraction of sp³-hybridized carbons (Fsp3) is 0.353. The van der Waals surface area contributed by atoms with Crippen molar-refractivity contribution in [3.05, 3.63) is 53.9 Å². The molecule has 0 saturated carbocycles. The van der Waals surface area contributed by atoms with Crippen LogP contribution in [-0.2, 0) is 0 Å². The number of rotatable bonds is 5. The van der Waals surface area contributed by atoms with Crippen LogP contribution in [-0.4, -0.2) is 24.4 Å². The molecule has 1 N–H and O–H groups in total. The number of benzene rings is 1. The minimum Gasteiger partial charge on any atom is -0.492 e. The molecule has 3 rings (SSSR count). The van der Waals surface area contributed by atoms with E-state index >= 15 is 0 Å². The van der Waals surface area contributed by atoms with Gasteiger partial charge in [0.15, 0.2) is 0 Å². The second kappa shape index (κ2) is 6.50. The molecule has 2 heterocycles. The van der Waals surface area contributed by atoms with Crippen molar-refractivity contribution in [1.29, 1.82) is 0 Å². The largest absolute Gasteiger partial charge is 0.492 e. The minimum atomic E-state index is 0.258. The number of hydrogen-bond acceptors (Lipinski definition) is 4. The minimum absolute atomic E-state index is 0.258. The van der Waals surface area contributed by atoms with E-state index in [4.69, 9.17) is 4.74 Å². The van der Waals surface area contributed by atoms with Crippen LogP contribution in [0.2, 0.25) is 0 Å². The number of nitrogens with one attached hydrogen (secondary N) is 1. The summed E-state index contributed by atoms with van der Waals surface area (Å²) in [5.74, 6) is 2.41. The molecular formula is C17H20N2OS. The first kappa shape index (κ1) is 14.4. The van der Waals surface area contributed by atoms with Crippen LogP contribution < -0.4 is 10.1 Å². The van der Waals surface area contributed by atoms with Crippen molar-refractivity contribution in [2.24, 2.45) is 0 Å². The zero-order valence-corrected chi connectivity index (χ0v) is 13.2. The van der Waals surface area contributed by atoms with E-state index in [0.29, 0.717) is 12.5 Å². The van der Waals surface area contributed by atoms with Gasteiger partial charge in [0.05, 0.1) is 12.8 Å². The Morgan fingerprint density at radius 2 is 2.24 bits per heavy atom. The van der Waals surface area contributed by atoms with Crippen molar-refractivity contribution in [3.8, 4) is 5.75 Å². The Labute approximate surface area is 130 Å². The molecule has 1 aromatic heterocycles. The molecule has 0 bridgehead atoms. The number of aromatic nitrogens is 1. The molecule has 110 valence electrons. The summed E-state index contributed by atoms with van der Waals surface area (Å²) >= 11 is 1.94. The Balaban J connectivity index is 1.91. The van der Waals surface area contributed by atoms with Crippen LogP contribution in [0.1, 0.15) is 30.0 Å². The summed E-state index contributed by atoms with van der Waals surface area (Å²) in [7, 11) is 2.02. The summed E-state index contributed by atoms with van der Waals surface area (Å²) < 4.78 is 5.58. The zero-order valence-electron chi connectivity index (χ0n) is 12.4. The first-order valence-electron chi connectivity index (χ1n) is 7.30. The van der Waals surface area contributed by atoms with Crippen LogP contribution in [0.25, 0.3) is 0 Å². The van der Waals surface area contributed by atoms with E-state index in [0.717, 1.165) is 11.5 Å². The van der Waals surface area contributed by atoms with Crippen LogP contribution in [0, 0.1) is 0 Å². The first-order chi connectivity index (χ1) is 10.3. The summed E-state index contributed by atoms with van der Waals surface area (Å²) in [5, 5.41) is 3.46. The van der Waals surface area contributed by atoms with Crippen molar-refractivity contribution in [2.45, 2.75) is 23.8 Å². The summed E-state index contributed by atoms with van der Waals surface area (Å²) in [5.41, 5.74) is 2.62. The third-order valence-corrected chi connectivity index (χ3v) is 5.06. The fourth-order valence-corrected chi connectivity index (χ4v) is 4.21. The van der Waals surface area contributed by atoms with Crippen molar-refractivity contribution in [3.63, 3.8) is 0 Å². The van der Waals surface area contributed by atoms with E-state index in [1.807, 2.05) is 31.9 Å². The lowest BCUT2D eigenvalue weighted by Gasteiger charge is -2.24. The van der Waals surface area contributed by atoms with E-state index in [-0.39, 0.29) is 6.04 Å². The van der Waals surface area contributed by atoms with Gasteiger partial charge >= 0.3 is 0 Å². The molecule has 1 aliphatic rings. The van der Waals surface area contributed by atoms with E-state index in [9.17, 15) is 0 Å². The number of nitrogens with zero attached hydrogens (tertiary/aromatic N) is 1. The van der Waals surface area contributed by atoms with Crippen LogP contribution in [0.3, 0.4) is 0 Å². The third-order valence-electron chi connectivity index (χ3n) is 3.85. The predicted octanol–water partition coefficient (Wildman–Crippen LogP) is 3.63. The molecule has 0 spiro atoms. The summed E-state index contributed by atoms with van der Waals surface area (Å²) in [6.07, 6.45) is 3.71. The van der Waals surface area contributed by atoms with Gasteiger partial charge in [-0.05, 0) is 37.2 Å². The van der Waals surface area contributed by atoms with Crippen molar-refractivity contribution in [2.75, 3.05) is 19.4 Å². The molecule has 3 nitrogen and oxygen atoms in total. The smallest absolute Gasteiger partial charge is 0.137 e. The Bertz CT molecular complexity index is 617. The average molecular weight is 300 g/mol. The molecule has 0 aliphatic carbocycles. The maximum Gasteiger partial charge on any atom is 0.137 e. The van der Waals surface area contributed by atoms with Gasteiger partial charge in [-0.25, -0.2) is 0 Å². The van der Waals surface area contributed by atoms with Crippen LogP contribution in [0.15, 0.2) is 47.6 Å². The van der Waals surface area contributed by atoms with Gasteiger partial charge in [0.1, 0.15) is 5.75 Å². The number of fused-ring (bicyclic) bond motifs is 1. The van der Waals surface area contributed by atoms with Gasteiger partial charge < -0.3 is 10.1 Å². The van der Waals surface area contributed by atoms with E-state index < -0.39 is 0 Å². The second-order valence-electron chi connectivity index (χ2n) is 5.11. The Hall–Kier alpha value is -1.52. The molecule has 0 saturated heterocycles. The highest BCUT2D eigenvalue weighted by Gasteiger charge is 2.30. The molecule has 0 amide bonds. The second-order valence-corrected chi connectivity index (χ2v) is 6.17. The molecule has 21 heavy (non-hydrogen) atoms. The van der Waals surface area contributed by atoms with Gasteiger partial charge in [-0.1, -0.05) is 18.2 Å². The molecule has 2 aromatic rings. The summed E-state index contributed by atoms with van der Waals surface area (Å²) in [6, 6.07) is 11.0. The fourth-order valence-electron chi connectivity index (χ4n) is 2.91. The quantitative estimate of drug-likeness (QED) is 0.914. The normalized spacial score (nSPS) is 18.3. The van der Waals surface area contributed by atoms with Gasteiger partial charge in [-0.15, -0.1) is 11.8 Å². The van der Waals surface area contributed by atoms with Gasteiger partial charge in [0.25, 0.3) is 0 Å². The van der Waals surface area contributed by atoms with Gasteiger partial charge in [0.2, 0.25) is 0 Å². The summed E-state index contributed by atoms with van der Waals surface area (Å²) in [6.45, 7) is 2.66. The third kappa shape index (κ3) is 2.92. The van der Waals surface area contributed by atoms with Crippen molar-refractivity contribution in [1.82, 2.24) is 10.3 Å². The lowest BCUT2D eigenvalue weighted by atomic mass is 9.89. The molecule has 1 aliphatic heterocycles. The number of thioether (sulfide) groups is 1. The van der Waals surface area contributed by atoms with E-state index in [1.165, 1.54) is 16.0 Å². The monoisotopic (exact) mass is 300 g/mol. The van der Waals surface area contributed by atoms with Gasteiger partial charge in [-0.3, -0.25) is 4.98 Å². The molecular weight excluding hydrogens is 280 g/mol. The Morgan fingerprint density at radius 3 is 3.05 bits per heavy atom. The highest BCUT2D eigenvalue weighted by atomic mass is 32.2. The molecule has 0 fully saturated rings. The van der Waals surface area contributed by atoms with Gasteiger partial charge in [0, 0.05) is 28.8 Å².